The number of para-hydroxylation sites is 1. The Morgan fingerprint density at radius 1 is 1.06 bits per heavy atom. The molecule has 7 heteroatoms. The molecule has 0 aliphatic rings. The van der Waals surface area contributed by atoms with Crippen molar-refractivity contribution in [3.05, 3.63) is 105 Å². The first kappa shape index (κ1) is 21.2. The number of benzene rings is 3. The van der Waals surface area contributed by atoms with Gasteiger partial charge in [0.25, 0.3) is 5.56 Å². The lowest BCUT2D eigenvalue weighted by Gasteiger charge is -2.12. The quantitative estimate of drug-likeness (QED) is 0.344. The summed E-state index contributed by atoms with van der Waals surface area (Å²) in [5.41, 5.74) is 3.82. The highest BCUT2D eigenvalue weighted by molar-refractivity contribution is 6.31. The Labute approximate surface area is 194 Å². The second-order valence-corrected chi connectivity index (χ2v) is 8.40. The SMILES string of the molecule is COc1ccccc1Cn1cnc2c3cc(C)ccc3n(Cc3c(F)cccc3Cl)c2c1=O. The second-order valence-electron chi connectivity index (χ2n) is 7.99. The Kier molecular flexibility index (Phi) is 5.38. The lowest BCUT2D eigenvalue weighted by atomic mass is 10.1. The van der Waals surface area contributed by atoms with E-state index in [1.807, 2.05) is 54.0 Å². The van der Waals surface area contributed by atoms with Crippen molar-refractivity contribution in [3.8, 4) is 5.75 Å². The van der Waals surface area contributed by atoms with Crippen LogP contribution in [0.2, 0.25) is 5.02 Å². The van der Waals surface area contributed by atoms with Crippen LogP contribution in [0.25, 0.3) is 21.9 Å². The van der Waals surface area contributed by atoms with E-state index in [0.29, 0.717) is 33.9 Å². The standard InChI is InChI=1S/C26H21ClFN3O2/c1-16-10-11-22-18(12-16)24-25(31(22)14-19-20(27)7-5-8-21(19)28)26(32)30(15-29-24)13-17-6-3-4-9-23(17)33-2/h3-12,15H,13-14H2,1-2H3. The van der Waals surface area contributed by atoms with Crippen molar-refractivity contribution in [2.45, 2.75) is 20.0 Å². The van der Waals surface area contributed by atoms with Gasteiger partial charge >= 0.3 is 0 Å². The van der Waals surface area contributed by atoms with Gasteiger partial charge in [0.2, 0.25) is 0 Å². The van der Waals surface area contributed by atoms with Gasteiger partial charge in [-0.25, -0.2) is 9.37 Å². The van der Waals surface area contributed by atoms with Gasteiger partial charge in [0.05, 0.1) is 32.0 Å². The molecule has 0 amide bonds. The normalized spacial score (nSPS) is 11.4. The summed E-state index contributed by atoms with van der Waals surface area (Å²) in [4.78, 5) is 18.3. The molecule has 0 unspecified atom stereocenters. The molecule has 0 fully saturated rings. The number of hydrogen-bond donors (Lipinski definition) is 0. The summed E-state index contributed by atoms with van der Waals surface area (Å²) < 4.78 is 23.4. The zero-order valence-electron chi connectivity index (χ0n) is 18.2. The number of ether oxygens (including phenoxy) is 1. The van der Waals surface area contributed by atoms with Gasteiger partial charge in [-0.2, -0.15) is 0 Å². The first-order valence-corrected chi connectivity index (χ1v) is 10.9. The fourth-order valence-electron chi connectivity index (χ4n) is 4.25. The number of fused-ring (bicyclic) bond motifs is 3. The molecule has 166 valence electrons. The minimum absolute atomic E-state index is 0.115. The Hall–Kier alpha value is -3.64. The molecular formula is C26H21ClFN3O2. The summed E-state index contributed by atoms with van der Waals surface area (Å²) in [6.45, 7) is 2.40. The van der Waals surface area contributed by atoms with E-state index in [2.05, 4.69) is 4.98 Å². The van der Waals surface area contributed by atoms with E-state index in [1.165, 1.54) is 6.07 Å². The Morgan fingerprint density at radius 3 is 2.67 bits per heavy atom. The van der Waals surface area contributed by atoms with Crippen LogP contribution in [-0.4, -0.2) is 21.2 Å². The largest absolute Gasteiger partial charge is 0.496 e. The minimum atomic E-state index is -0.414. The van der Waals surface area contributed by atoms with Crippen molar-refractivity contribution < 1.29 is 9.13 Å². The third-order valence-corrected chi connectivity index (χ3v) is 6.25. The number of aromatic nitrogens is 3. The van der Waals surface area contributed by atoms with Gasteiger partial charge in [0.15, 0.2) is 0 Å². The van der Waals surface area contributed by atoms with Gasteiger partial charge in [-0.3, -0.25) is 9.36 Å². The highest BCUT2D eigenvalue weighted by atomic mass is 35.5. The van der Waals surface area contributed by atoms with Gasteiger partial charge in [0, 0.05) is 21.5 Å². The summed E-state index contributed by atoms with van der Waals surface area (Å²) in [5.74, 6) is 0.279. The Morgan fingerprint density at radius 2 is 1.88 bits per heavy atom. The number of methoxy groups -OCH3 is 1. The summed E-state index contributed by atoms with van der Waals surface area (Å²) in [5, 5.41) is 1.16. The van der Waals surface area contributed by atoms with E-state index in [-0.39, 0.29) is 12.1 Å². The van der Waals surface area contributed by atoms with Crippen molar-refractivity contribution in [2.75, 3.05) is 7.11 Å². The fourth-order valence-corrected chi connectivity index (χ4v) is 4.47. The first-order chi connectivity index (χ1) is 16.0. The van der Waals surface area contributed by atoms with E-state index >= 15 is 0 Å². The van der Waals surface area contributed by atoms with Crippen LogP contribution in [-0.2, 0) is 13.1 Å². The highest BCUT2D eigenvalue weighted by Crippen LogP contribution is 2.29. The molecule has 3 aromatic carbocycles. The molecule has 0 spiro atoms. The average Bonchev–Trinajstić information content (AvgIpc) is 3.11. The zero-order chi connectivity index (χ0) is 23.1. The molecular weight excluding hydrogens is 441 g/mol. The fraction of sp³-hybridized carbons (Fsp3) is 0.154. The van der Waals surface area contributed by atoms with Crippen LogP contribution in [0, 0.1) is 12.7 Å². The molecule has 0 saturated carbocycles. The van der Waals surface area contributed by atoms with Crippen LogP contribution in [0.3, 0.4) is 0 Å². The topological polar surface area (TPSA) is 49.0 Å². The van der Waals surface area contributed by atoms with Gasteiger partial charge < -0.3 is 9.30 Å². The lowest BCUT2D eigenvalue weighted by Crippen LogP contribution is -2.23. The number of aryl methyl sites for hydroxylation is 1. The van der Waals surface area contributed by atoms with E-state index in [4.69, 9.17) is 16.3 Å². The van der Waals surface area contributed by atoms with Crippen LogP contribution in [0.1, 0.15) is 16.7 Å². The average molecular weight is 462 g/mol. The maximum absolute atomic E-state index is 14.6. The smallest absolute Gasteiger partial charge is 0.278 e. The van der Waals surface area contributed by atoms with Crippen LogP contribution >= 0.6 is 11.6 Å². The van der Waals surface area contributed by atoms with Crippen molar-refractivity contribution in [1.29, 1.82) is 0 Å². The zero-order valence-corrected chi connectivity index (χ0v) is 18.9. The van der Waals surface area contributed by atoms with E-state index in [9.17, 15) is 9.18 Å². The number of rotatable bonds is 5. The molecule has 2 heterocycles. The molecule has 0 bridgehead atoms. The highest BCUT2D eigenvalue weighted by Gasteiger charge is 2.19. The third kappa shape index (κ3) is 3.66. The molecule has 0 atom stereocenters. The lowest BCUT2D eigenvalue weighted by molar-refractivity contribution is 0.408. The predicted octanol–water partition coefficient (Wildman–Crippen LogP) is 5.56. The molecule has 33 heavy (non-hydrogen) atoms. The van der Waals surface area contributed by atoms with E-state index < -0.39 is 5.82 Å². The van der Waals surface area contributed by atoms with Gasteiger partial charge in [-0.15, -0.1) is 0 Å². The Bertz CT molecular complexity index is 1550. The number of nitrogens with zero attached hydrogens (tertiary/aromatic N) is 3. The molecule has 0 saturated heterocycles. The Balaban J connectivity index is 1.75. The predicted molar refractivity (Wildman–Crippen MR) is 129 cm³/mol. The van der Waals surface area contributed by atoms with Crippen molar-refractivity contribution in [3.63, 3.8) is 0 Å². The monoisotopic (exact) mass is 461 g/mol. The molecule has 0 aliphatic heterocycles. The van der Waals surface area contributed by atoms with Crippen LogP contribution in [0.5, 0.6) is 5.75 Å². The summed E-state index contributed by atoms with van der Waals surface area (Å²) in [7, 11) is 1.60. The molecule has 5 aromatic rings. The maximum Gasteiger partial charge on any atom is 0.278 e. The molecule has 0 N–H and O–H groups in total. The minimum Gasteiger partial charge on any atom is -0.496 e. The van der Waals surface area contributed by atoms with E-state index in [1.54, 1.807) is 30.1 Å². The molecule has 2 aromatic heterocycles. The molecule has 5 rings (SSSR count). The first-order valence-electron chi connectivity index (χ1n) is 10.5. The van der Waals surface area contributed by atoms with Crippen molar-refractivity contribution in [2.24, 2.45) is 0 Å². The van der Waals surface area contributed by atoms with Crippen LogP contribution < -0.4 is 10.3 Å². The third-order valence-electron chi connectivity index (χ3n) is 5.89. The maximum atomic E-state index is 14.6. The van der Waals surface area contributed by atoms with Crippen molar-refractivity contribution in [1.82, 2.24) is 14.1 Å². The second kappa shape index (κ2) is 8.37. The molecule has 5 nitrogen and oxygen atoms in total. The van der Waals surface area contributed by atoms with E-state index in [0.717, 1.165) is 22.0 Å². The summed E-state index contributed by atoms with van der Waals surface area (Å²) in [6.07, 6.45) is 1.55. The van der Waals surface area contributed by atoms with Gasteiger partial charge in [-0.1, -0.05) is 47.5 Å². The van der Waals surface area contributed by atoms with Gasteiger partial charge in [-0.05, 0) is 37.3 Å². The summed E-state index contributed by atoms with van der Waals surface area (Å²) >= 11 is 6.32. The number of hydrogen-bond acceptors (Lipinski definition) is 3. The van der Waals surface area contributed by atoms with Gasteiger partial charge in [0.1, 0.15) is 22.6 Å². The van der Waals surface area contributed by atoms with Crippen molar-refractivity contribution >= 4 is 33.5 Å². The molecule has 0 aliphatic carbocycles. The van der Waals surface area contributed by atoms with Crippen LogP contribution in [0.15, 0.2) is 71.8 Å². The van der Waals surface area contributed by atoms with Crippen LogP contribution in [0.4, 0.5) is 4.39 Å². The summed E-state index contributed by atoms with van der Waals surface area (Å²) in [6, 6.07) is 18.0. The molecule has 0 radical (unpaired) electrons. The number of halogens is 2.